The summed E-state index contributed by atoms with van der Waals surface area (Å²) in [6.45, 7) is 6.93. The van der Waals surface area contributed by atoms with Crippen molar-refractivity contribution in [3.63, 3.8) is 0 Å². The average Bonchev–Trinajstić information content (AvgIpc) is 2.71. The molecule has 0 heterocycles. The first kappa shape index (κ1) is 21.2. The molecule has 0 N–H and O–H groups in total. The van der Waals surface area contributed by atoms with Gasteiger partial charge in [0, 0.05) is 23.2 Å². The highest BCUT2D eigenvalue weighted by molar-refractivity contribution is 9.10. The van der Waals surface area contributed by atoms with Crippen LogP contribution in [0.25, 0.3) is 21.5 Å². The van der Waals surface area contributed by atoms with Crippen molar-refractivity contribution in [2.45, 2.75) is 65.2 Å². The van der Waals surface area contributed by atoms with E-state index in [0.717, 1.165) is 4.47 Å². The van der Waals surface area contributed by atoms with Crippen molar-refractivity contribution in [1.82, 2.24) is 0 Å². The molecule has 0 aliphatic carbocycles. The normalized spacial score (nSPS) is 11.4. The lowest BCUT2D eigenvalue weighted by Crippen LogP contribution is -2.25. The first-order valence-corrected chi connectivity index (χ1v) is 11.9. The molecular weight excluding hydrogens is 406 g/mol. The van der Waals surface area contributed by atoms with Crippen LogP contribution in [0.3, 0.4) is 0 Å². The smallest absolute Gasteiger partial charge is 0.0372 e. The highest BCUT2D eigenvalue weighted by atomic mass is 79.9. The third-order valence-corrected chi connectivity index (χ3v) is 6.16. The van der Waals surface area contributed by atoms with E-state index in [4.69, 9.17) is 0 Å². The summed E-state index contributed by atoms with van der Waals surface area (Å²) in [5.74, 6) is 0. The molecule has 150 valence electrons. The molecule has 0 bridgehead atoms. The summed E-state index contributed by atoms with van der Waals surface area (Å²) in [6.07, 6.45) is 10.6. The first-order chi connectivity index (χ1) is 13.7. The predicted octanol–water partition coefficient (Wildman–Crippen LogP) is 8.72. The summed E-state index contributed by atoms with van der Waals surface area (Å²) in [5, 5.41) is 5.28. The van der Waals surface area contributed by atoms with E-state index >= 15 is 0 Å². The van der Waals surface area contributed by atoms with Gasteiger partial charge in [0.05, 0.1) is 0 Å². The largest absolute Gasteiger partial charge is 0.372 e. The maximum Gasteiger partial charge on any atom is 0.0372 e. The van der Waals surface area contributed by atoms with Crippen molar-refractivity contribution in [2.24, 2.45) is 0 Å². The third-order valence-electron chi connectivity index (χ3n) is 5.67. The van der Waals surface area contributed by atoms with Gasteiger partial charge in [0.15, 0.2) is 0 Å². The molecule has 0 amide bonds. The average molecular weight is 440 g/mol. The number of benzene rings is 3. The molecule has 2 heteroatoms. The van der Waals surface area contributed by atoms with Crippen LogP contribution in [-0.4, -0.2) is 13.1 Å². The molecule has 0 saturated carbocycles. The van der Waals surface area contributed by atoms with Crippen LogP contribution in [0.2, 0.25) is 0 Å². The Balaban J connectivity index is 1.82. The van der Waals surface area contributed by atoms with Crippen LogP contribution in [0.15, 0.2) is 53.0 Å². The number of unbranched alkanes of at least 4 members (excludes halogenated alkanes) is 6. The Bertz CT molecular complexity index is 874. The number of fused-ring (bicyclic) bond motifs is 2. The Morgan fingerprint density at radius 2 is 1.18 bits per heavy atom. The predicted molar refractivity (Wildman–Crippen MR) is 130 cm³/mol. The van der Waals surface area contributed by atoms with Crippen LogP contribution in [0.4, 0.5) is 5.69 Å². The lowest BCUT2D eigenvalue weighted by molar-refractivity contribution is 0.609. The fraction of sp³-hybridized carbons (Fsp3) is 0.462. The second-order valence-corrected chi connectivity index (χ2v) is 8.90. The maximum absolute atomic E-state index is 3.59. The van der Waals surface area contributed by atoms with Gasteiger partial charge in [-0.1, -0.05) is 80.4 Å². The number of hydrogen-bond acceptors (Lipinski definition) is 1. The van der Waals surface area contributed by atoms with E-state index in [2.05, 4.69) is 83.2 Å². The number of anilines is 1. The van der Waals surface area contributed by atoms with E-state index in [1.54, 1.807) is 0 Å². The molecule has 3 aromatic carbocycles. The molecule has 3 aromatic rings. The van der Waals surface area contributed by atoms with Gasteiger partial charge in [-0.2, -0.15) is 0 Å². The van der Waals surface area contributed by atoms with E-state index in [-0.39, 0.29) is 0 Å². The van der Waals surface area contributed by atoms with Gasteiger partial charge >= 0.3 is 0 Å². The molecule has 0 aliphatic heterocycles. The second kappa shape index (κ2) is 10.9. The zero-order chi connectivity index (χ0) is 19.8. The number of halogens is 1. The van der Waals surface area contributed by atoms with E-state index in [9.17, 15) is 0 Å². The highest BCUT2D eigenvalue weighted by Gasteiger charge is 2.08. The lowest BCUT2D eigenvalue weighted by atomic mass is 10.0. The summed E-state index contributed by atoms with van der Waals surface area (Å²) in [7, 11) is 0. The molecule has 0 aromatic heterocycles. The molecule has 0 saturated heterocycles. The van der Waals surface area contributed by atoms with Crippen molar-refractivity contribution < 1.29 is 0 Å². The van der Waals surface area contributed by atoms with Crippen molar-refractivity contribution in [2.75, 3.05) is 18.0 Å². The lowest BCUT2D eigenvalue weighted by Gasteiger charge is -2.25. The molecule has 3 rings (SSSR count). The first-order valence-electron chi connectivity index (χ1n) is 11.1. The Morgan fingerprint density at radius 3 is 1.79 bits per heavy atom. The van der Waals surface area contributed by atoms with Crippen LogP contribution >= 0.6 is 15.9 Å². The van der Waals surface area contributed by atoms with Crippen molar-refractivity contribution >= 4 is 43.2 Å². The topological polar surface area (TPSA) is 3.24 Å². The Hall–Kier alpha value is -1.54. The van der Waals surface area contributed by atoms with E-state index in [1.807, 2.05) is 0 Å². The standard InChI is InChI=1S/C26H34BrN/c1-3-5-7-9-15-28(16-10-8-6-4-2)26-14-12-22-17-23-19-25(27)13-11-21(23)18-24(22)20-26/h11-14,17-20H,3-10,15-16H2,1-2H3. The molecule has 0 fully saturated rings. The van der Waals surface area contributed by atoms with Crippen LogP contribution in [-0.2, 0) is 0 Å². The zero-order valence-electron chi connectivity index (χ0n) is 17.5. The second-order valence-electron chi connectivity index (χ2n) is 7.98. The van der Waals surface area contributed by atoms with Crippen molar-refractivity contribution in [3.05, 3.63) is 53.0 Å². The number of rotatable bonds is 11. The Kier molecular flexibility index (Phi) is 8.21. The van der Waals surface area contributed by atoms with Crippen molar-refractivity contribution in [3.8, 4) is 0 Å². The molecule has 0 aliphatic rings. The van der Waals surface area contributed by atoms with Crippen LogP contribution in [0.5, 0.6) is 0 Å². The van der Waals surface area contributed by atoms with Crippen LogP contribution < -0.4 is 4.90 Å². The van der Waals surface area contributed by atoms with E-state index < -0.39 is 0 Å². The molecule has 0 spiro atoms. The van der Waals surface area contributed by atoms with E-state index in [1.165, 1.54) is 91.7 Å². The molecule has 1 nitrogen and oxygen atoms in total. The zero-order valence-corrected chi connectivity index (χ0v) is 19.1. The highest BCUT2D eigenvalue weighted by Crippen LogP contribution is 2.29. The minimum absolute atomic E-state index is 1.14. The fourth-order valence-electron chi connectivity index (χ4n) is 3.98. The van der Waals surface area contributed by atoms with Crippen molar-refractivity contribution in [1.29, 1.82) is 0 Å². The Morgan fingerprint density at radius 1 is 0.607 bits per heavy atom. The molecule has 28 heavy (non-hydrogen) atoms. The monoisotopic (exact) mass is 439 g/mol. The van der Waals surface area contributed by atoms with Gasteiger partial charge in [-0.3, -0.25) is 0 Å². The van der Waals surface area contributed by atoms with Gasteiger partial charge < -0.3 is 4.90 Å². The SMILES string of the molecule is CCCCCCN(CCCCCC)c1ccc2cc3cc(Br)ccc3cc2c1. The summed E-state index contributed by atoms with van der Waals surface area (Å²) in [4.78, 5) is 2.62. The van der Waals surface area contributed by atoms with E-state index in [0.29, 0.717) is 0 Å². The molecular formula is C26H34BrN. The summed E-state index contributed by atoms with van der Waals surface area (Å²) in [5.41, 5.74) is 1.39. The summed E-state index contributed by atoms with van der Waals surface area (Å²) >= 11 is 3.59. The van der Waals surface area contributed by atoms with Gasteiger partial charge in [-0.25, -0.2) is 0 Å². The minimum atomic E-state index is 1.14. The number of nitrogens with zero attached hydrogens (tertiary/aromatic N) is 1. The summed E-state index contributed by atoms with van der Waals surface area (Å²) < 4.78 is 1.14. The number of hydrogen-bond donors (Lipinski definition) is 0. The molecule has 0 radical (unpaired) electrons. The quantitative estimate of drug-likeness (QED) is 0.213. The third kappa shape index (κ3) is 5.73. The van der Waals surface area contributed by atoms with Gasteiger partial charge in [0.1, 0.15) is 0 Å². The molecule has 0 unspecified atom stereocenters. The van der Waals surface area contributed by atoms with Crippen LogP contribution in [0.1, 0.15) is 65.2 Å². The summed E-state index contributed by atoms with van der Waals surface area (Å²) in [6, 6.07) is 18.2. The Labute approximate surface area is 179 Å². The van der Waals surface area contributed by atoms with Gasteiger partial charge in [-0.05, 0) is 70.8 Å². The van der Waals surface area contributed by atoms with Gasteiger partial charge in [0.2, 0.25) is 0 Å². The maximum atomic E-state index is 3.59. The van der Waals surface area contributed by atoms with Crippen LogP contribution in [0, 0.1) is 0 Å². The van der Waals surface area contributed by atoms with Gasteiger partial charge in [0.25, 0.3) is 0 Å². The minimum Gasteiger partial charge on any atom is -0.372 e. The molecule has 0 atom stereocenters. The fourth-order valence-corrected chi connectivity index (χ4v) is 4.36. The van der Waals surface area contributed by atoms with Gasteiger partial charge in [-0.15, -0.1) is 0 Å².